The molecule has 13 heteroatoms. The molecular formula is C24H25ClN6O6. The maximum atomic E-state index is 10.7. The minimum Gasteiger partial charge on any atom is -0.387 e. The van der Waals surface area contributed by atoms with E-state index < -0.39 is 24.5 Å². The first-order chi connectivity index (χ1) is 18.1. The lowest BCUT2D eigenvalue weighted by molar-refractivity contribution is -0.0702. The van der Waals surface area contributed by atoms with Gasteiger partial charge in [-0.25, -0.2) is 15.0 Å². The average Bonchev–Trinajstić information content (AvgIpc) is 3.70. The summed E-state index contributed by atoms with van der Waals surface area (Å²) in [6.07, 6.45) is -0.224. The molecule has 194 valence electrons. The molecule has 0 amide bonds. The summed E-state index contributed by atoms with van der Waals surface area (Å²) in [5.74, 6) is 1.09. The SMILES string of the molecule is O[C@@H]1[C@H](O)[C@H](n2cnc3c(NC4CCOC4)ncnc32)O[C@@H]1COCc1cc(-c2ccc(Cl)cc2)no1. The molecular weight excluding hydrogens is 504 g/mol. The third-order valence-electron chi connectivity index (χ3n) is 6.47. The number of aliphatic hydroxyl groups excluding tert-OH is 2. The van der Waals surface area contributed by atoms with Crippen molar-refractivity contribution in [3.05, 3.63) is 53.8 Å². The molecule has 0 saturated carbocycles. The Morgan fingerprint density at radius 1 is 1.14 bits per heavy atom. The Morgan fingerprint density at radius 2 is 2.00 bits per heavy atom. The summed E-state index contributed by atoms with van der Waals surface area (Å²) in [6.45, 7) is 1.45. The van der Waals surface area contributed by atoms with Gasteiger partial charge in [-0.15, -0.1) is 0 Å². The molecule has 0 radical (unpaired) electrons. The highest BCUT2D eigenvalue weighted by atomic mass is 35.5. The van der Waals surface area contributed by atoms with Gasteiger partial charge in [-0.2, -0.15) is 0 Å². The molecule has 3 aromatic heterocycles. The number of ether oxygens (including phenoxy) is 3. The predicted octanol–water partition coefficient (Wildman–Crippen LogP) is 2.17. The van der Waals surface area contributed by atoms with Crippen molar-refractivity contribution in [2.45, 2.75) is 43.6 Å². The highest BCUT2D eigenvalue weighted by molar-refractivity contribution is 6.30. The molecule has 1 aromatic carbocycles. The Kier molecular flexibility index (Phi) is 6.76. The minimum atomic E-state index is -1.21. The Balaban J connectivity index is 1.10. The van der Waals surface area contributed by atoms with Crippen LogP contribution in [0.5, 0.6) is 0 Å². The van der Waals surface area contributed by atoms with Crippen molar-refractivity contribution in [2.24, 2.45) is 0 Å². The van der Waals surface area contributed by atoms with Gasteiger partial charge in [-0.1, -0.05) is 28.9 Å². The molecule has 2 fully saturated rings. The van der Waals surface area contributed by atoms with E-state index >= 15 is 0 Å². The van der Waals surface area contributed by atoms with Crippen LogP contribution in [0.15, 0.2) is 47.5 Å². The molecule has 2 saturated heterocycles. The molecule has 0 aliphatic carbocycles. The number of anilines is 1. The summed E-state index contributed by atoms with van der Waals surface area (Å²) < 4.78 is 24.0. The van der Waals surface area contributed by atoms with Crippen molar-refractivity contribution in [3.8, 4) is 11.3 Å². The van der Waals surface area contributed by atoms with E-state index in [-0.39, 0.29) is 19.3 Å². The normalized spacial score (nSPS) is 25.8. The molecule has 37 heavy (non-hydrogen) atoms. The lowest BCUT2D eigenvalue weighted by Crippen LogP contribution is -2.33. The number of rotatable bonds is 8. The largest absolute Gasteiger partial charge is 0.387 e. The summed E-state index contributed by atoms with van der Waals surface area (Å²) in [5, 5.41) is 29.4. The van der Waals surface area contributed by atoms with E-state index in [0.717, 1.165) is 12.0 Å². The zero-order valence-corrected chi connectivity index (χ0v) is 20.4. The molecule has 2 aliphatic heterocycles. The van der Waals surface area contributed by atoms with Crippen LogP contribution in [0.25, 0.3) is 22.4 Å². The second-order valence-electron chi connectivity index (χ2n) is 9.00. The molecule has 1 unspecified atom stereocenters. The van der Waals surface area contributed by atoms with Gasteiger partial charge in [0.2, 0.25) is 0 Å². The standard InChI is InChI=1S/C24H25ClN6O6/c25-14-3-1-13(2-4-14)17-7-16(37-30-17)9-35-10-18-20(32)21(33)24(36-18)31-12-28-19-22(26-11-27-23(19)31)29-15-5-6-34-8-15/h1-4,7,11-12,15,18,20-21,24,32-33H,5-6,8-10H2,(H,26,27,29)/t15?,18-,20+,21+,24-/m1/s1. The molecule has 6 rings (SSSR count). The maximum Gasteiger partial charge on any atom is 0.167 e. The fourth-order valence-electron chi connectivity index (χ4n) is 4.50. The Hall–Kier alpha value is -3.13. The van der Waals surface area contributed by atoms with E-state index in [2.05, 4.69) is 25.4 Å². The Labute approximate surface area is 216 Å². The molecule has 5 atom stereocenters. The van der Waals surface area contributed by atoms with Gasteiger partial charge in [0, 0.05) is 23.3 Å². The summed E-state index contributed by atoms with van der Waals surface area (Å²) in [4.78, 5) is 13.1. The van der Waals surface area contributed by atoms with E-state index in [0.29, 0.717) is 46.7 Å². The first-order valence-electron chi connectivity index (χ1n) is 11.9. The number of aromatic nitrogens is 5. The summed E-state index contributed by atoms with van der Waals surface area (Å²) in [7, 11) is 0. The zero-order valence-electron chi connectivity index (χ0n) is 19.6. The second-order valence-corrected chi connectivity index (χ2v) is 9.43. The topological polar surface area (TPSA) is 150 Å². The molecule has 0 bridgehead atoms. The van der Waals surface area contributed by atoms with Crippen LogP contribution >= 0.6 is 11.6 Å². The predicted molar refractivity (Wildman–Crippen MR) is 131 cm³/mol. The lowest BCUT2D eigenvalue weighted by atomic mass is 10.1. The molecule has 3 N–H and O–H groups in total. The van der Waals surface area contributed by atoms with E-state index in [4.69, 9.17) is 30.3 Å². The third-order valence-corrected chi connectivity index (χ3v) is 6.72. The van der Waals surface area contributed by atoms with Crippen LogP contribution in [-0.2, 0) is 20.8 Å². The van der Waals surface area contributed by atoms with E-state index in [1.165, 1.54) is 12.7 Å². The summed E-state index contributed by atoms with van der Waals surface area (Å²) >= 11 is 5.93. The van der Waals surface area contributed by atoms with Gasteiger partial charge in [0.25, 0.3) is 0 Å². The Morgan fingerprint density at radius 3 is 2.81 bits per heavy atom. The monoisotopic (exact) mass is 528 g/mol. The van der Waals surface area contributed by atoms with Crippen molar-refractivity contribution in [1.82, 2.24) is 24.7 Å². The van der Waals surface area contributed by atoms with Crippen molar-refractivity contribution >= 4 is 28.6 Å². The number of aliphatic hydroxyl groups is 2. The number of halogens is 1. The smallest absolute Gasteiger partial charge is 0.167 e. The van der Waals surface area contributed by atoms with Crippen LogP contribution in [0.4, 0.5) is 5.82 Å². The van der Waals surface area contributed by atoms with Crippen molar-refractivity contribution < 1.29 is 28.9 Å². The van der Waals surface area contributed by atoms with Crippen LogP contribution in [0.2, 0.25) is 5.02 Å². The quantitative estimate of drug-likeness (QED) is 0.308. The fraction of sp³-hybridized carbons (Fsp3) is 0.417. The third kappa shape index (κ3) is 4.91. The Bertz CT molecular complexity index is 1360. The van der Waals surface area contributed by atoms with Crippen LogP contribution in [-0.4, -0.2) is 79.1 Å². The number of imidazole rings is 1. The highest BCUT2D eigenvalue weighted by Gasteiger charge is 2.44. The highest BCUT2D eigenvalue weighted by Crippen LogP contribution is 2.33. The van der Waals surface area contributed by atoms with Crippen molar-refractivity contribution in [1.29, 1.82) is 0 Å². The summed E-state index contributed by atoms with van der Waals surface area (Å²) in [5.41, 5.74) is 2.55. The second kappa shape index (κ2) is 10.3. The van der Waals surface area contributed by atoms with Crippen LogP contribution in [0.1, 0.15) is 18.4 Å². The van der Waals surface area contributed by atoms with Gasteiger partial charge in [0.15, 0.2) is 29.0 Å². The van der Waals surface area contributed by atoms with E-state index in [1.807, 2.05) is 12.1 Å². The maximum absolute atomic E-state index is 10.7. The number of benzene rings is 1. The number of nitrogens with one attached hydrogen (secondary N) is 1. The zero-order chi connectivity index (χ0) is 25.4. The van der Waals surface area contributed by atoms with Gasteiger partial charge in [0.05, 0.1) is 25.6 Å². The number of hydrogen-bond donors (Lipinski definition) is 3. The average molecular weight is 529 g/mol. The molecule has 12 nitrogen and oxygen atoms in total. The fourth-order valence-corrected chi connectivity index (χ4v) is 4.62. The first-order valence-corrected chi connectivity index (χ1v) is 12.3. The van der Waals surface area contributed by atoms with Crippen LogP contribution in [0, 0.1) is 0 Å². The summed E-state index contributed by atoms with van der Waals surface area (Å²) in [6, 6.07) is 9.17. The molecule has 5 heterocycles. The van der Waals surface area contributed by atoms with Gasteiger partial charge in [-0.05, 0) is 18.6 Å². The van der Waals surface area contributed by atoms with Gasteiger partial charge >= 0.3 is 0 Å². The van der Waals surface area contributed by atoms with E-state index in [1.54, 1.807) is 22.8 Å². The molecule has 2 aliphatic rings. The number of hydrogen-bond acceptors (Lipinski definition) is 11. The van der Waals surface area contributed by atoms with Crippen molar-refractivity contribution in [3.63, 3.8) is 0 Å². The minimum absolute atomic E-state index is 0.0296. The number of nitrogens with zero attached hydrogens (tertiary/aromatic N) is 5. The van der Waals surface area contributed by atoms with Gasteiger partial charge in [-0.3, -0.25) is 4.57 Å². The molecule has 4 aromatic rings. The van der Waals surface area contributed by atoms with Gasteiger partial charge < -0.3 is 34.3 Å². The van der Waals surface area contributed by atoms with E-state index in [9.17, 15) is 10.2 Å². The van der Waals surface area contributed by atoms with Crippen LogP contribution in [0.3, 0.4) is 0 Å². The van der Waals surface area contributed by atoms with Crippen LogP contribution < -0.4 is 5.32 Å². The van der Waals surface area contributed by atoms with Crippen molar-refractivity contribution in [2.75, 3.05) is 25.1 Å². The van der Waals surface area contributed by atoms with Gasteiger partial charge in [0.1, 0.15) is 36.9 Å². The first kappa shape index (κ1) is 24.2. The lowest BCUT2D eigenvalue weighted by Gasteiger charge is -2.17. The number of fused-ring (bicyclic) bond motifs is 1. The molecule has 0 spiro atoms.